The Morgan fingerprint density at radius 2 is 2.16 bits per heavy atom. The highest BCUT2D eigenvalue weighted by Crippen LogP contribution is 2.28. The Kier molecular flexibility index (Phi) is 3.55. The van der Waals surface area contributed by atoms with Gasteiger partial charge in [-0.2, -0.15) is 0 Å². The summed E-state index contributed by atoms with van der Waals surface area (Å²) >= 11 is 0. The van der Waals surface area contributed by atoms with E-state index in [1.807, 2.05) is 0 Å². The number of fused-ring (bicyclic) bond motifs is 1. The van der Waals surface area contributed by atoms with Gasteiger partial charge in [0.2, 0.25) is 11.4 Å². The molecule has 0 atom stereocenters. The number of hydrogen-bond acceptors (Lipinski definition) is 7. The van der Waals surface area contributed by atoms with Crippen LogP contribution in [-0.4, -0.2) is 34.7 Å². The van der Waals surface area contributed by atoms with Crippen molar-refractivity contribution in [2.45, 2.75) is 6.42 Å². The minimum atomic E-state index is -0.555. The highest BCUT2D eigenvalue weighted by molar-refractivity contribution is 5.93. The van der Waals surface area contributed by atoms with E-state index in [0.717, 1.165) is 0 Å². The molecule has 1 aromatic carbocycles. The van der Waals surface area contributed by atoms with Crippen molar-refractivity contribution < 1.29 is 14.3 Å². The number of nitro benzene ring substituents is 1. The molecule has 0 saturated heterocycles. The third-order valence-electron chi connectivity index (χ3n) is 2.54. The van der Waals surface area contributed by atoms with Gasteiger partial charge >= 0.3 is 5.69 Å². The van der Waals surface area contributed by atoms with Gasteiger partial charge < -0.3 is 10.6 Å². The molecule has 0 radical (unpaired) electrons. The fourth-order valence-electron chi connectivity index (χ4n) is 1.58. The van der Waals surface area contributed by atoms with Crippen molar-refractivity contribution in [2.24, 2.45) is 0 Å². The fourth-order valence-corrected chi connectivity index (χ4v) is 1.58. The molecule has 9 nitrogen and oxygen atoms in total. The van der Waals surface area contributed by atoms with Gasteiger partial charge in [-0.1, -0.05) is 0 Å². The molecule has 0 fully saturated rings. The van der Waals surface area contributed by atoms with Crippen LogP contribution in [0.25, 0.3) is 11.0 Å². The van der Waals surface area contributed by atoms with Gasteiger partial charge in [-0.15, -0.1) is 0 Å². The van der Waals surface area contributed by atoms with Gasteiger partial charge in [0, 0.05) is 26.1 Å². The quantitative estimate of drug-likeness (QED) is 0.601. The van der Waals surface area contributed by atoms with Crippen LogP contribution in [0.15, 0.2) is 16.8 Å². The molecule has 0 aliphatic heterocycles. The highest BCUT2D eigenvalue weighted by atomic mass is 16.6. The van der Waals surface area contributed by atoms with Crippen molar-refractivity contribution in [1.29, 1.82) is 0 Å². The van der Waals surface area contributed by atoms with Crippen molar-refractivity contribution >= 4 is 28.3 Å². The molecule has 0 aliphatic rings. The van der Waals surface area contributed by atoms with Crippen molar-refractivity contribution in [1.82, 2.24) is 15.6 Å². The van der Waals surface area contributed by atoms with Crippen LogP contribution in [0.5, 0.6) is 0 Å². The summed E-state index contributed by atoms with van der Waals surface area (Å²) in [6.45, 7) is 0.374. The molecular formula is C10H11N5O4. The average Bonchev–Trinajstić information content (AvgIpc) is 2.87. The van der Waals surface area contributed by atoms with E-state index in [0.29, 0.717) is 12.2 Å². The Morgan fingerprint density at radius 1 is 1.42 bits per heavy atom. The molecule has 1 amide bonds. The van der Waals surface area contributed by atoms with Crippen LogP contribution in [0, 0.1) is 10.1 Å². The van der Waals surface area contributed by atoms with Crippen molar-refractivity contribution in [2.75, 3.05) is 18.9 Å². The summed E-state index contributed by atoms with van der Waals surface area (Å²) in [5.74, 6) is -0.107. The molecule has 19 heavy (non-hydrogen) atoms. The minimum absolute atomic E-state index is 0.0787. The third kappa shape index (κ3) is 2.59. The Hall–Kier alpha value is -2.71. The van der Waals surface area contributed by atoms with Gasteiger partial charge in [-0.25, -0.2) is 4.63 Å². The van der Waals surface area contributed by atoms with Crippen LogP contribution >= 0.6 is 0 Å². The fraction of sp³-hybridized carbons (Fsp3) is 0.300. The second kappa shape index (κ2) is 5.29. The number of carbonyl (C=O) groups excluding carboxylic acids is 1. The van der Waals surface area contributed by atoms with E-state index < -0.39 is 4.92 Å². The molecule has 2 aromatic rings. The lowest BCUT2D eigenvalue weighted by atomic mass is 10.2. The zero-order chi connectivity index (χ0) is 13.8. The topological polar surface area (TPSA) is 123 Å². The van der Waals surface area contributed by atoms with Crippen molar-refractivity contribution in [3.8, 4) is 0 Å². The monoisotopic (exact) mass is 265 g/mol. The lowest BCUT2D eigenvalue weighted by molar-refractivity contribution is -0.383. The van der Waals surface area contributed by atoms with E-state index in [1.165, 1.54) is 12.1 Å². The number of nitro groups is 1. The zero-order valence-electron chi connectivity index (χ0n) is 10.0. The van der Waals surface area contributed by atoms with Crippen LogP contribution in [0.4, 0.5) is 11.4 Å². The minimum Gasteiger partial charge on any atom is -0.383 e. The zero-order valence-corrected chi connectivity index (χ0v) is 10.0. The summed E-state index contributed by atoms with van der Waals surface area (Å²) in [5.41, 5.74) is 0.708. The molecule has 2 N–H and O–H groups in total. The van der Waals surface area contributed by atoms with E-state index >= 15 is 0 Å². The maximum absolute atomic E-state index is 11.1. The van der Waals surface area contributed by atoms with Gasteiger partial charge in [0.05, 0.1) is 10.6 Å². The first-order valence-corrected chi connectivity index (χ1v) is 5.47. The summed E-state index contributed by atoms with van der Waals surface area (Å²) in [7, 11) is 1.55. The summed E-state index contributed by atoms with van der Waals surface area (Å²) in [4.78, 5) is 21.3. The van der Waals surface area contributed by atoms with Crippen LogP contribution in [-0.2, 0) is 4.79 Å². The maximum Gasteiger partial charge on any atom is 0.300 e. The number of rotatable bonds is 5. The predicted octanol–water partition coefficient (Wildman–Crippen LogP) is 0.679. The van der Waals surface area contributed by atoms with Gasteiger partial charge in [-0.3, -0.25) is 14.9 Å². The number of benzene rings is 1. The van der Waals surface area contributed by atoms with Gasteiger partial charge in [0.25, 0.3) is 0 Å². The highest BCUT2D eigenvalue weighted by Gasteiger charge is 2.19. The number of hydrogen-bond donors (Lipinski definition) is 2. The molecule has 0 spiro atoms. The molecule has 100 valence electrons. The summed E-state index contributed by atoms with van der Waals surface area (Å²) in [6.07, 6.45) is 0.278. The standard InChI is InChI=1S/C10H11N5O4/c1-11-8(16)4-5-12-6-2-3-7(15(17)18)10-9(6)13-19-14-10/h2-3,12H,4-5H2,1H3,(H,11,16). The van der Waals surface area contributed by atoms with Gasteiger partial charge in [0.1, 0.15) is 0 Å². The molecule has 1 heterocycles. The lowest BCUT2D eigenvalue weighted by Gasteiger charge is -2.05. The summed E-state index contributed by atoms with van der Waals surface area (Å²) in [5, 5.41) is 23.4. The SMILES string of the molecule is CNC(=O)CCNc1ccc([N+](=O)[O-])c2nonc12. The largest absolute Gasteiger partial charge is 0.383 e. The smallest absolute Gasteiger partial charge is 0.300 e. The number of carbonyl (C=O) groups is 1. The average molecular weight is 265 g/mol. The molecule has 0 aliphatic carbocycles. The lowest BCUT2D eigenvalue weighted by Crippen LogP contribution is -2.20. The Balaban J connectivity index is 2.21. The van der Waals surface area contributed by atoms with Crippen LogP contribution in [0.2, 0.25) is 0 Å². The predicted molar refractivity (Wildman–Crippen MR) is 65.6 cm³/mol. The molecule has 0 unspecified atom stereocenters. The number of non-ortho nitro benzene ring substituents is 1. The number of amides is 1. The Labute approximate surface area is 107 Å². The van der Waals surface area contributed by atoms with E-state index in [4.69, 9.17) is 0 Å². The summed E-state index contributed by atoms with van der Waals surface area (Å²) < 4.78 is 4.52. The van der Waals surface area contributed by atoms with Crippen LogP contribution < -0.4 is 10.6 Å². The van der Waals surface area contributed by atoms with Crippen molar-refractivity contribution in [3.63, 3.8) is 0 Å². The second-order valence-corrected chi connectivity index (χ2v) is 3.70. The molecule has 1 aromatic heterocycles. The normalized spacial score (nSPS) is 10.4. The number of nitrogens with one attached hydrogen (secondary N) is 2. The molecule has 0 saturated carbocycles. The number of aromatic nitrogens is 2. The van der Waals surface area contributed by atoms with Crippen LogP contribution in [0.3, 0.4) is 0 Å². The molecule has 9 heteroatoms. The van der Waals surface area contributed by atoms with E-state index in [9.17, 15) is 14.9 Å². The maximum atomic E-state index is 11.1. The van der Waals surface area contributed by atoms with Gasteiger partial charge in [-0.05, 0) is 16.4 Å². The molecular weight excluding hydrogens is 254 g/mol. The van der Waals surface area contributed by atoms with Gasteiger partial charge in [0.15, 0.2) is 5.52 Å². The first-order chi connectivity index (χ1) is 9.13. The van der Waals surface area contributed by atoms with E-state index in [2.05, 4.69) is 25.6 Å². The first kappa shape index (κ1) is 12.7. The Morgan fingerprint density at radius 3 is 2.84 bits per heavy atom. The molecule has 2 rings (SSSR count). The van der Waals surface area contributed by atoms with Crippen LogP contribution in [0.1, 0.15) is 6.42 Å². The van der Waals surface area contributed by atoms with Crippen molar-refractivity contribution in [3.05, 3.63) is 22.2 Å². The van der Waals surface area contributed by atoms with E-state index in [-0.39, 0.29) is 29.0 Å². The Bertz CT molecular complexity index is 623. The van der Waals surface area contributed by atoms with E-state index in [1.54, 1.807) is 7.05 Å². The number of anilines is 1. The molecule has 0 bridgehead atoms. The first-order valence-electron chi connectivity index (χ1n) is 5.47. The number of nitrogens with zero attached hydrogens (tertiary/aromatic N) is 3. The third-order valence-corrected chi connectivity index (χ3v) is 2.54. The summed E-state index contributed by atoms with van der Waals surface area (Å²) in [6, 6.07) is 2.82. The second-order valence-electron chi connectivity index (χ2n) is 3.70.